The molecule has 0 fully saturated rings. The number of hydrogen-bond acceptors (Lipinski definition) is 2. The van der Waals surface area contributed by atoms with Crippen LogP contribution in [0.2, 0.25) is 0 Å². The molecule has 0 aliphatic heterocycles. The second-order valence-electron chi connectivity index (χ2n) is 5.50. The van der Waals surface area contributed by atoms with Gasteiger partial charge in [0.1, 0.15) is 5.75 Å². The Bertz CT molecular complexity index is 637. The molecule has 3 heteroatoms. The number of benzene rings is 2. The first kappa shape index (κ1) is 16.1. The van der Waals surface area contributed by atoms with Crippen molar-refractivity contribution in [2.24, 2.45) is 0 Å². The third-order valence-electron chi connectivity index (χ3n) is 3.84. The number of hydrogen-bond donors (Lipinski definition) is 1. The smallest absolute Gasteiger partial charge is 0.262 e. The molecule has 1 atom stereocenters. The first-order valence-electron chi connectivity index (χ1n) is 7.69. The van der Waals surface area contributed by atoms with E-state index in [1.807, 2.05) is 49.4 Å². The van der Waals surface area contributed by atoms with Gasteiger partial charge in [0, 0.05) is 5.69 Å². The normalized spacial score (nSPS) is 11.8. The van der Waals surface area contributed by atoms with Gasteiger partial charge in [0.2, 0.25) is 0 Å². The van der Waals surface area contributed by atoms with Crippen molar-refractivity contribution in [1.82, 2.24) is 0 Å². The minimum absolute atomic E-state index is 0.0157. The molecule has 0 bridgehead atoms. The number of rotatable bonds is 6. The Morgan fingerprint density at radius 2 is 1.82 bits per heavy atom. The molecule has 3 nitrogen and oxygen atoms in total. The van der Waals surface area contributed by atoms with E-state index in [1.54, 1.807) is 0 Å². The van der Waals surface area contributed by atoms with Crippen LogP contribution >= 0.6 is 0 Å². The molecular formula is C19H23NO2. The van der Waals surface area contributed by atoms with Crippen molar-refractivity contribution in [1.29, 1.82) is 0 Å². The van der Waals surface area contributed by atoms with Gasteiger partial charge in [0.25, 0.3) is 5.91 Å². The van der Waals surface area contributed by atoms with Gasteiger partial charge < -0.3 is 10.1 Å². The second kappa shape index (κ2) is 7.64. The number of ether oxygens (including phenoxy) is 1. The molecule has 1 amide bonds. The third-order valence-corrected chi connectivity index (χ3v) is 3.84. The van der Waals surface area contributed by atoms with Crippen LogP contribution in [-0.4, -0.2) is 12.5 Å². The van der Waals surface area contributed by atoms with Crippen molar-refractivity contribution in [3.63, 3.8) is 0 Å². The average Bonchev–Trinajstić information content (AvgIpc) is 2.54. The van der Waals surface area contributed by atoms with Crippen LogP contribution in [0.25, 0.3) is 0 Å². The van der Waals surface area contributed by atoms with E-state index in [1.165, 1.54) is 0 Å². The monoisotopic (exact) mass is 297 g/mol. The number of anilines is 1. The highest BCUT2D eigenvalue weighted by atomic mass is 16.5. The van der Waals surface area contributed by atoms with E-state index in [4.69, 9.17) is 4.74 Å². The lowest BCUT2D eigenvalue weighted by Gasteiger charge is -2.15. The van der Waals surface area contributed by atoms with E-state index in [2.05, 4.69) is 25.2 Å². The molecule has 0 saturated heterocycles. The number of nitrogens with one attached hydrogen (secondary N) is 1. The fourth-order valence-electron chi connectivity index (χ4n) is 2.28. The molecule has 0 radical (unpaired) electrons. The maximum atomic E-state index is 12.1. The Morgan fingerprint density at radius 3 is 2.55 bits per heavy atom. The van der Waals surface area contributed by atoms with Gasteiger partial charge in [-0.2, -0.15) is 0 Å². The lowest BCUT2D eigenvalue weighted by molar-refractivity contribution is -0.118. The molecule has 2 aromatic carbocycles. The van der Waals surface area contributed by atoms with Crippen LogP contribution in [0.4, 0.5) is 5.69 Å². The van der Waals surface area contributed by atoms with Crippen molar-refractivity contribution >= 4 is 11.6 Å². The van der Waals surface area contributed by atoms with E-state index in [0.717, 1.165) is 29.0 Å². The molecule has 1 N–H and O–H groups in total. The van der Waals surface area contributed by atoms with Crippen molar-refractivity contribution in [3.05, 3.63) is 59.7 Å². The van der Waals surface area contributed by atoms with Crippen molar-refractivity contribution < 1.29 is 9.53 Å². The zero-order chi connectivity index (χ0) is 15.9. The summed E-state index contributed by atoms with van der Waals surface area (Å²) < 4.78 is 5.72. The standard InChI is InChI=1S/C19H23NO2/c1-4-14(2)16-10-6-8-12-18(16)22-13-19(21)20-17-11-7-5-9-15(17)3/h5-12,14H,4,13H2,1-3H3,(H,20,21). The number of carbonyl (C=O) groups excluding carboxylic acids is 1. The summed E-state index contributed by atoms with van der Waals surface area (Å²) in [5.74, 6) is 1.06. The van der Waals surface area contributed by atoms with Crippen LogP contribution in [0, 0.1) is 6.92 Å². The van der Waals surface area contributed by atoms with Gasteiger partial charge in [0.05, 0.1) is 0 Å². The van der Waals surface area contributed by atoms with Gasteiger partial charge in [0.15, 0.2) is 6.61 Å². The van der Waals surface area contributed by atoms with E-state index in [9.17, 15) is 4.79 Å². The predicted molar refractivity (Wildman–Crippen MR) is 90.5 cm³/mol. The Hall–Kier alpha value is -2.29. The summed E-state index contributed by atoms with van der Waals surface area (Å²) in [6.07, 6.45) is 1.04. The number of amides is 1. The van der Waals surface area contributed by atoms with E-state index >= 15 is 0 Å². The van der Waals surface area contributed by atoms with Crippen LogP contribution in [0.5, 0.6) is 5.75 Å². The van der Waals surface area contributed by atoms with Gasteiger partial charge in [-0.15, -0.1) is 0 Å². The average molecular weight is 297 g/mol. The maximum absolute atomic E-state index is 12.1. The first-order valence-corrected chi connectivity index (χ1v) is 7.69. The molecule has 1 unspecified atom stereocenters. The molecule has 0 aliphatic carbocycles. The number of carbonyl (C=O) groups is 1. The van der Waals surface area contributed by atoms with Crippen molar-refractivity contribution in [2.75, 3.05) is 11.9 Å². The quantitative estimate of drug-likeness (QED) is 0.851. The maximum Gasteiger partial charge on any atom is 0.262 e. The Balaban J connectivity index is 1.99. The first-order chi connectivity index (χ1) is 10.6. The molecular weight excluding hydrogens is 274 g/mol. The van der Waals surface area contributed by atoms with Crippen LogP contribution in [0.3, 0.4) is 0 Å². The van der Waals surface area contributed by atoms with Crippen LogP contribution in [-0.2, 0) is 4.79 Å². The predicted octanol–water partition coefficient (Wildman–Crippen LogP) is 4.53. The Morgan fingerprint density at radius 1 is 1.14 bits per heavy atom. The van der Waals surface area contributed by atoms with Gasteiger partial charge in [-0.3, -0.25) is 4.79 Å². The molecule has 22 heavy (non-hydrogen) atoms. The third kappa shape index (κ3) is 4.10. The molecule has 2 rings (SSSR count). The highest BCUT2D eigenvalue weighted by Gasteiger charge is 2.11. The van der Waals surface area contributed by atoms with E-state index in [-0.39, 0.29) is 12.5 Å². The topological polar surface area (TPSA) is 38.3 Å². The minimum atomic E-state index is -0.145. The molecule has 2 aromatic rings. The van der Waals surface area contributed by atoms with Crippen LogP contribution in [0.15, 0.2) is 48.5 Å². The molecule has 0 heterocycles. The lowest BCUT2D eigenvalue weighted by Crippen LogP contribution is -2.21. The van der Waals surface area contributed by atoms with E-state index in [0.29, 0.717) is 5.92 Å². The van der Waals surface area contributed by atoms with Crippen LogP contribution in [0.1, 0.15) is 37.3 Å². The zero-order valence-corrected chi connectivity index (χ0v) is 13.4. The van der Waals surface area contributed by atoms with Gasteiger partial charge in [-0.1, -0.05) is 50.2 Å². The summed E-state index contributed by atoms with van der Waals surface area (Å²) in [6, 6.07) is 15.6. The molecule has 0 spiro atoms. The highest BCUT2D eigenvalue weighted by Crippen LogP contribution is 2.28. The highest BCUT2D eigenvalue weighted by molar-refractivity contribution is 5.92. The zero-order valence-electron chi connectivity index (χ0n) is 13.4. The van der Waals surface area contributed by atoms with Crippen molar-refractivity contribution in [3.8, 4) is 5.75 Å². The van der Waals surface area contributed by atoms with Crippen LogP contribution < -0.4 is 10.1 Å². The Labute approximate surface area is 132 Å². The second-order valence-corrected chi connectivity index (χ2v) is 5.50. The summed E-state index contributed by atoms with van der Waals surface area (Å²) in [6.45, 7) is 6.29. The molecule has 116 valence electrons. The summed E-state index contributed by atoms with van der Waals surface area (Å²) >= 11 is 0. The summed E-state index contributed by atoms with van der Waals surface area (Å²) in [4.78, 5) is 12.1. The molecule has 0 aromatic heterocycles. The van der Waals surface area contributed by atoms with Gasteiger partial charge in [-0.05, 0) is 42.5 Å². The molecule has 0 aliphatic rings. The summed E-state index contributed by atoms with van der Waals surface area (Å²) in [5.41, 5.74) is 3.01. The van der Waals surface area contributed by atoms with Gasteiger partial charge >= 0.3 is 0 Å². The number of para-hydroxylation sites is 2. The molecule has 0 saturated carbocycles. The summed E-state index contributed by atoms with van der Waals surface area (Å²) in [7, 11) is 0. The van der Waals surface area contributed by atoms with Crippen molar-refractivity contribution in [2.45, 2.75) is 33.1 Å². The SMILES string of the molecule is CCC(C)c1ccccc1OCC(=O)Nc1ccccc1C. The van der Waals surface area contributed by atoms with E-state index < -0.39 is 0 Å². The fraction of sp³-hybridized carbons (Fsp3) is 0.316. The Kier molecular flexibility index (Phi) is 5.59. The number of aryl methyl sites for hydroxylation is 1. The minimum Gasteiger partial charge on any atom is -0.483 e. The van der Waals surface area contributed by atoms with Gasteiger partial charge in [-0.25, -0.2) is 0 Å². The largest absolute Gasteiger partial charge is 0.483 e. The lowest BCUT2D eigenvalue weighted by atomic mass is 9.98. The fourth-order valence-corrected chi connectivity index (χ4v) is 2.28. The summed E-state index contributed by atoms with van der Waals surface area (Å²) in [5, 5.41) is 2.88.